The highest BCUT2D eigenvalue weighted by Crippen LogP contribution is 2.30. The maximum atomic E-state index is 9.75. The molecule has 18 heavy (non-hydrogen) atoms. The molecule has 2 nitrogen and oxygen atoms in total. The van der Waals surface area contributed by atoms with Gasteiger partial charge in [0.1, 0.15) is 0 Å². The molecule has 1 N–H and O–H groups in total. The molecular formula is C16H34O2. The maximum Gasteiger partial charge on any atom is 0.160 e. The van der Waals surface area contributed by atoms with Crippen LogP contribution < -0.4 is 0 Å². The van der Waals surface area contributed by atoms with Gasteiger partial charge in [0.2, 0.25) is 0 Å². The van der Waals surface area contributed by atoms with Crippen LogP contribution in [0.4, 0.5) is 0 Å². The molecule has 110 valence electrons. The molecule has 0 aromatic rings. The number of hydrogen-bond acceptors (Lipinski definition) is 2. The third kappa shape index (κ3) is 8.10. The van der Waals surface area contributed by atoms with Crippen LogP contribution in [0.25, 0.3) is 0 Å². The van der Waals surface area contributed by atoms with Crippen molar-refractivity contribution in [2.24, 2.45) is 11.8 Å². The summed E-state index contributed by atoms with van der Waals surface area (Å²) in [5.41, 5.74) is -0.252. The molecule has 2 heteroatoms. The summed E-state index contributed by atoms with van der Waals surface area (Å²) in [5, 5.41) is 9.75. The average Bonchev–Trinajstić information content (AvgIpc) is 2.14. The second-order valence-corrected chi connectivity index (χ2v) is 6.78. The number of aliphatic hydroxyl groups is 1. The van der Waals surface area contributed by atoms with Crippen molar-refractivity contribution in [2.75, 3.05) is 0 Å². The quantitative estimate of drug-likeness (QED) is 0.605. The van der Waals surface area contributed by atoms with Crippen LogP contribution in [0.5, 0.6) is 0 Å². The molecule has 2 atom stereocenters. The maximum absolute atomic E-state index is 9.75. The van der Waals surface area contributed by atoms with E-state index in [2.05, 4.69) is 34.6 Å². The average molecular weight is 258 g/mol. The second-order valence-electron chi connectivity index (χ2n) is 6.78. The molecule has 0 radical (unpaired) electrons. The molecular weight excluding hydrogens is 224 g/mol. The summed E-state index contributed by atoms with van der Waals surface area (Å²) in [4.78, 5) is 0. The normalized spacial score (nSPS) is 16.7. The summed E-state index contributed by atoms with van der Waals surface area (Å²) in [6.07, 6.45) is 6.00. The fourth-order valence-corrected chi connectivity index (χ4v) is 2.84. The van der Waals surface area contributed by atoms with E-state index in [1.54, 1.807) is 13.8 Å². The fourth-order valence-electron chi connectivity index (χ4n) is 2.84. The zero-order chi connectivity index (χ0) is 14.4. The monoisotopic (exact) mass is 258 g/mol. The molecule has 0 fully saturated rings. The van der Waals surface area contributed by atoms with E-state index in [1.807, 2.05) is 0 Å². The minimum absolute atomic E-state index is 0.252. The Kier molecular flexibility index (Phi) is 7.46. The lowest BCUT2D eigenvalue weighted by molar-refractivity contribution is -0.237. The third-order valence-corrected chi connectivity index (χ3v) is 3.72. The highest BCUT2D eigenvalue weighted by Gasteiger charge is 2.28. The van der Waals surface area contributed by atoms with E-state index < -0.39 is 5.79 Å². The van der Waals surface area contributed by atoms with Crippen molar-refractivity contribution in [3.05, 3.63) is 0 Å². The van der Waals surface area contributed by atoms with E-state index in [0.29, 0.717) is 0 Å². The van der Waals surface area contributed by atoms with Crippen LogP contribution in [0.15, 0.2) is 0 Å². The predicted octanol–water partition coefficient (Wildman–Crippen LogP) is 4.75. The lowest BCUT2D eigenvalue weighted by Gasteiger charge is -2.34. The van der Waals surface area contributed by atoms with Crippen LogP contribution in [-0.2, 0) is 4.74 Å². The summed E-state index contributed by atoms with van der Waals surface area (Å²) < 4.78 is 5.72. The Morgan fingerprint density at radius 3 is 2.00 bits per heavy atom. The summed E-state index contributed by atoms with van der Waals surface area (Å²) in [5.74, 6) is 0.521. The van der Waals surface area contributed by atoms with Crippen LogP contribution in [0.1, 0.15) is 80.6 Å². The molecule has 0 spiro atoms. The zero-order valence-corrected chi connectivity index (χ0v) is 13.5. The molecule has 0 aliphatic rings. The third-order valence-electron chi connectivity index (χ3n) is 3.72. The first-order valence-electron chi connectivity index (χ1n) is 7.54. The van der Waals surface area contributed by atoms with Crippen LogP contribution in [0, 0.1) is 11.8 Å². The summed E-state index contributed by atoms with van der Waals surface area (Å²) in [6.45, 7) is 14.4. The van der Waals surface area contributed by atoms with Gasteiger partial charge in [-0.05, 0) is 52.4 Å². The van der Waals surface area contributed by atoms with E-state index >= 15 is 0 Å². The van der Waals surface area contributed by atoms with Gasteiger partial charge in [0.25, 0.3) is 0 Å². The first-order valence-corrected chi connectivity index (χ1v) is 7.54. The van der Waals surface area contributed by atoms with Crippen LogP contribution in [0.2, 0.25) is 0 Å². The Morgan fingerprint density at radius 2 is 1.61 bits per heavy atom. The van der Waals surface area contributed by atoms with Crippen molar-refractivity contribution in [3.63, 3.8) is 0 Å². The largest absolute Gasteiger partial charge is 0.366 e. The van der Waals surface area contributed by atoms with Crippen LogP contribution in [0.3, 0.4) is 0 Å². The van der Waals surface area contributed by atoms with Crippen molar-refractivity contribution >= 4 is 0 Å². The first-order chi connectivity index (χ1) is 8.11. The Balaban J connectivity index is 4.26. The Bertz CT molecular complexity index is 216. The second kappa shape index (κ2) is 7.49. The Labute approximate surface area is 114 Å². The number of rotatable bonds is 9. The van der Waals surface area contributed by atoms with Gasteiger partial charge in [-0.15, -0.1) is 0 Å². The standard InChI is InChI=1S/C16H34O2/c1-8-10-13(3)14(9-2)11-12-15(4,5)18-16(6,7)17/h13-14,17H,8-12H2,1-7H3/t13-,14+/m1/s1. The minimum Gasteiger partial charge on any atom is -0.366 e. The van der Waals surface area contributed by atoms with Gasteiger partial charge in [0.15, 0.2) is 5.79 Å². The van der Waals surface area contributed by atoms with Crippen LogP contribution in [-0.4, -0.2) is 16.5 Å². The minimum atomic E-state index is -1.04. The highest BCUT2D eigenvalue weighted by atomic mass is 16.6. The van der Waals surface area contributed by atoms with Crippen molar-refractivity contribution in [3.8, 4) is 0 Å². The number of ether oxygens (including phenoxy) is 1. The first kappa shape index (κ1) is 17.9. The summed E-state index contributed by atoms with van der Waals surface area (Å²) >= 11 is 0. The van der Waals surface area contributed by atoms with Gasteiger partial charge in [-0.3, -0.25) is 0 Å². The predicted molar refractivity (Wildman–Crippen MR) is 78.5 cm³/mol. The smallest absolute Gasteiger partial charge is 0.160 e. The lowest BCUT2D eigenvalue weighted by atomic mass is 9.82. The van der Waals surface area contributed by atoms with E-state index in [9.17, 15) is 5.11 Å². The fraction of sp³-hybridized carbons (Fsp3) is 1.00. The van der Waals surface area contributed by atoms with E-state index in [0.717, 1.165) is 18.3 Å². The van der Waals surface area contributed by atoms with E-state index in [1.165, 1.54) is 25.7 Å². The van der Waals surface area contributed by atoms with Crippen molar-refractivity contribution < 1.29 is 9.84 Å². The van der Waals surface area contributed by atoms with E-state index in [4.69, 9.17) is 4.74 Å². The molecule has 0 aromatic heterocycles. The topological polar surface area (TPSA) is 29.5 Å². The molecule has 0 aromatic carbocycles. The molecule has 0 saturated carbocycles. The Hall–Kier alpha value is -0.0800. The molecule has 0 rings (SSSR count). The molecule has 0 amide bonds. The van der Waals surface area contributed by atoms with Crippen molar-refractivity contribution in [1.29, 1.82) is 0 Å². The number of hydrogen-bond donors (Lipinski definition) is 1. The lowest BCUT2D eigenvalue weighted by Crippen LogP contribution is -2.37. The van der Waals surface area contributed by atoms with E-state index in [-0.39, 0.29) is 5.60 Å². The van der Waals surface area contributed by atoms with Crippen LogP contribution >= 0.6 is 0 Å². The molecule has 0 bridgehead atoms. The zero-order valence-electron chi connectivity index (χ0n) is 13.5. The van der Waals surface area contributed by atoms with Gasteiger partial charge in [0, 0.05) is 0 Å². The van der Waals surface area contributed by atoms with Gasteiger partial charge >= 0.3 is 0 Å². The summed E-state index contributed by atoms with van der Waals surface area (Å²) in [6, 6.07) is 0. The SMILES string of the molecule is CCC[C@@H](C)[C@@H](CC)CCC(C)(C)OC(C)(C)O. The molecule has 0 aliphatic heterocycles. The van der Waals surface area contributed by atoms with Crippen molar-refractivity contribution in [2.45, 2.75) is 92.0 Å². The summed E-state index contributed by atoms with van der Waals surface area (Å²) in [7, 11) is 0. The molecule has 0 heterocycles. The molecule has 0 aliphatic carbocycles. The van der Waals surface area contributed by atoms with Gasteiger partial charge in [-0.2, -0.15) is 0 Å². The Morgan fingerprint density at radius 1 is 1.06 bits per heavy atom. The highest BCUT2D eigenvalue weighted by molar-refractivity contribution is 4.75. The van der Waals surface area contributed by atoms with Gasteiger partial charge in [0.05, 0.1) is 5.60 Å². The van der Waals surface area contributed by atoms with Gasteiger partial charge in [-0.1, -0.05) is 40.0 Å². The van der Waals surface area contributed by atoms with Gasteiger partial charge in [-0.25, -0.2) is 0 Å². The molecule has 0 saturated heterocycles. The van der Waals surface area contributed by atoms with Crippen molar-refractivity contribution in [1.82, 2.24) is 0 Å². The molecule has 0 unspecified atom stereocenters. The van der Waals surface area contributed by atoms with Gasteiger partial charge < -0.3 is 9.84 Å².